The van der Waals surface area contributed by atoms with E-state index in [1.54, 1.807) is 13.8 Å². The molecule has 0 spiro atoms. The standard InChI is InChI=1S/C36H65NO25/c1-11(2)28-27(52)32(18(43)13(7-39)54-28)62-35-25(50)21(46)29(15(9-41)57-35)59-34-24(49)20(45)30(14(8-40)56-34)60-36-26(51)22(47)31(16(58-36)10-53-5-3-4-37)61-33-23(48)19(44)17(42)12(6-38)55-33/h11-36,38-52H,3-10,37H2,1-2H3. The zero-order valence-electron chi connectivity index (χ0n) is 34.0. The third kappa shape index (κ3) is 11.2. The molecule has 25 unspecified atom stereocenters. The number of aliphatic hydroxyl groups is 15. The maximum Gasteiger partial charge on any atom is 0.187 e. The van der Waals surface area contributed by atoms with Gasteiger partial charge in [0.15, 0.2) is 25.2 Å². The molecule has 0 radical (unpaired) electrons. The monoisotopic (exact) mass is 911 g/mol. The van der Waals surface area contributed by atoms with E-state index < -0.39 is 180 Å². The van der Waals surface area contributed by atoms with Crippen molar-refractivity contribution in [1.82, 2.24) is 0 Å². The predicted molar refractivity (Wildman–Crippen MR) is 197 cm³/mol. The first-order chi connectivity index (χ1) is 29.4. The zero-order valence-corrected chi connectivity index (χ0v) is 34.0. The van der Waals surface area contributed by atoms with Gasteiger partial charge in [-0.05, 0) is 18.9 Å². The van der Waals surface area contributed by atoms with Gasteiger partial charge in [0.25, 0.3) is 0 Å². The van der Waals surface area contributed by atoms with Crippen LogP contribution in [-0.4, -0.2) is 276 Å². The SMILES string of the molecule is CC(C)C1OC(CO)C(O)C(OC2OC(CO)C(OC3OC(CO)C(OC4OC(COCCCN)C(OC5OC(CO)C(O)C(O)C5O)C(O)C4O)C(O)C3O)C(O)C2O)C1O. The van der Waals surface area contributed by atoms with Gasteiger partial charge in [0.05, 0.1) is 39.1 Å². The van der Waals surface area contributed by atoms with Crippen LogP contribution in [0.2, 0.25) is 0 Å². The van der Waals surface area contributed by atoms with Crippen LogP contribution in [0, 0.1) is 5.92 Å². The second-order valence-electron chi connectivity index (χ2n) is 16.3. The van der Waals surface area contributed by atoms with Gasteiger partial charge in [-0.2, -0.15) is 0 Å². The van der Waals surface area contributed by atoms with E-state index in [1.165, 1.54) is 0 Å². The lowest BCUT2D eigenvalue weighted by Crippen LogP contribution is -2.68. The molecule has 0 saturated carbocycles. The highest BCUT2D eigenvalue weighted by molar-refractivity contribution is 5.00. The molecule has 0 aromatic rings. The van der Waals surface area contributed by atoms with Crippen molar-refractivity contribution in [3.05, 3.63) is 0 Å². The number of hydrogen-bond acceptors (Lipinski definition) is 26. The Morgan fingerprint density at radius 3 is 1.21 bits per heavy atom. The molecule has 5 rings (SSSR count). The molecule has 0 aromatic carbocycles. The van der Waals surface area contributed by atoms with Gasteiger partial charge >= 0.3 is 0 Å². The van der Waals surface area contributed by atoms with Crippen molar-refractivity contribution in [1.29, 1.82) is 0 Å². The van der Waals surface area contributed by atoms with Gasteiger partial charge in [-0.15, -0.1) is 0 Å². The molecule has 26 heteroatoms. The van der Waals surface area contributed by atoms with Crippen LogP contribution in [0.3, 0.4) is 0 Å². The number of hydrogen-bond donors (Lipinski definition) is 16. The first-order valence-corrected chi connectivity index (χ1v) is 20.5. The Morgan fingerprint density at radius 2 is 0.790 bits per heavy atom. The molecule has 5 aliphatic rings. The zero-order chi connectivity index (χ0) is 45.7. The highest BCUT2D eigenvalue weighted by atomic mass is 16.8. The second-order valence-corrected chi connectivity index (χ2v) is 16.3. The van der Waals surface area contributed by atoms with Crippen molar-refractivity contribution < 1.29 is 124 Å². The van der Waals surface area contributed by atoms with Gasteiger partial charge in [-0.25, -0.2) is 0 Å². The summed E-state index contributed by atoms with van der Waals surface area (Å²) in [5.74, 6) is -0.316. The Labute approximate surface area is 355 Å². The van der Waals surface area contributed by atoms with Gasteiger partial charge < -0.3 is 130 Å². The minimum atomic E-state index is -2.08. The van der Waals surface area contributed by atoms with E-state index in [1.807, 2.05) is 0 Å². The summed E-state index contributed by atoms with van der Waals surface area (Å²) >= 11 is 0. The van der Waals surface area contributed by atoms with Gasteiger partial charge in [-0.3, -0.25) is 0 Å². The molecule has 26 nitrogen and oxygen atoms in total. The van der Waals surface area contributed by atoms with Crippen molar-refractivity contribution in [2.45, 2.75) is 174 Å². The van der Waals surface area contributed by atoms with Crippen LogP contribution in [0.25, 0.3) is 0 Å². The first-order valence-electron chi connectivity index (χ1n) is 20.5. The van der Waals surface area contributed by atoms with Crippen molar-refractivity contribution in [2.75, 3.05) is 46.2 Å². The molecule has 25 atom stereocenters. The number of aliphatic hydroxyl groups excluding tert-OH is 15. The van der Waals surface area contributed by atoms with Crippen LogP contribution in [0.15, 0.2) is 0 Å². The molecular weight excluding hydrogens is 846 g/mol. The Kier molecular flexibility index (Phi) is 19.4. The lowest BCUT2D eigenvalue weighted by molar-refractivity contribution is -0.392. The molecule has 5 fully saturated rings. The third-order valence-electron chi connectivity index (χ3n) is 11.6. The lowest BCUT2D eigenvalue weighted by Gasteiger charge is -2.49. The van der Waals surface area contributed by atoms with Crippen LogP contribution in [0.4, 0.5) is 0 Å². The fourth-order valence-corrected chi connectivity index (χ4v) is 8.00. The summed E-state index contributed by atoms with van der Waals surface area (Å²) < 4.78 is 56.8. The lowest BCUT2D eigenvalue weighted by atomic mass is 9.89. The second kappa shape index (κ2) is 23.1. The van der Waals surface area contributed by atoms with Crippen LogP contribution in [0.1, 0.15) is 20.3 Å². The first kappa shape index (κ1) is 51.9. The van der Waals surface area contributed by atoms with Crippen molar-refractivity contribution >= 4 is 0 Å². The molecule has 0 aromatic heterocycles. The highest BCUT2D eigenvalue weighted by Gasteiger charge is 2.56. The molecule has 5 aliphatic heterocycles. The smallest absolute Gasteiger partial charge is 0.187 e. The van der Waals surface area contributed by atoms with E-state index in [4.69, 9.17) is 53.1 Å². The molecular formula is C36H65NO25. The van der Waals surface area contributed by atoms with E-state index in [0.29, 0.717) is 6.42 Å². The van der Waals surface area contributed by atoms with Gasteiger partial charge in [0, 0.05) is 6.61 Å². The van der Waals surface area contributed by atoms with E-state index in [-0.39, 0.29) is 25.7 Å². The number of nitrogens with two attached hydrogens (primary N) is 1. The van der Waals surface area contributed by atoms with Crippen LogP contribution >= 0.6 is 0 Å². The van der Waals surface area contributed by atoms with Gasteiger partial charge in [0.2, 0.25) is 0 Å². The normalized spacial score (nSPS) is 49.3. The Bertz CT molecular complexity index is 1320. The van der Waals surface area contributed by atoms with Crippen molar-refractivity contribution in [3.8, 4) is 0 Å². The molecule has 0 bridgehead atoms. The van der Waals surface area contributed by atoms with E-state index in [9.17, 15) is 76.6 Å². The molecule has 62 heavy (non-hydrogen) atoms. The Morgan fingerprint density at radius 1 is 0.419 bits per heavy atom. The quantitative estimate of drug-likeness (QED) is 0.0568. The molecule has 364 valence electrons. The van der Waals surface area contributed by atoms with Crippen molar-refractivity contribution in [2.24, 2.45) is 11.7 Å². The summed E-state index contributed by atoms with van der Waals surface area (Å²) in [6.45, 7) is 0.115. The molecule has 5 heterocycles. The van der Waals surface area contributed by atoms with Crippen LogP contribution in [0.5, 0.6) is 0 Å². The minimum absolute atomic E-state index is 0.0944. The summed E-state index contributed by atoms with van der Waals surface area (Å²) in [5.41, 5.74) is 5.54. The van der Waals surface area contributed by atoms with Crippen LogP contribution in [-0.2, 0) is 47.4 Å². The molecule has 0 aliphatic carbocycles. The number of rotatable bonds is 18. The summed E-state index contributed by atoms with van der Waals surface area (Å²) in [6.07, 6.45) is -42.2. The molecule has 17 N–H and O–H groups in total. The summed E-state index contributed by atoms with van der Waals surface area (Å²) in [4.78, 5) is 0. The molecule has 0 amide bonds. The van der Waals surface area contributed by atoms with Crippen LogP contribution < -0.4 is 5.73 Å². The van der Waals surface area contributed by atoms with E-state index >= 15 is 0 Å². The third-order valence-corrected chi connectivity index (χ3v) is 11.6. The Hall–Kier alpha value is -1.04. The average molecular weight is 912 g/mol. The summed E-state index contributed by atoms with van der Waals surface area (Å²) in [5, 5.41) is 160. The maximum absolute atomic E-state index is 11.3. The minimum Gasteiger partial charge on any atom is -0.394 e. The fourth-order valence-electron chi connectivity index (χ4n) is 8.00. The van der Waals surface area contributed by atoms with Crippen molar-refractivity contribution in [3.63, 3.8) is 0 Å². The van der Waals surface area contributed by atoms with E-state index in [2.05, 4.69) is 0 Å². The molecule has 5 saturated heterocycles. The van der Waals surface area contributed by atoms with Gasteiger partial charge in [-0.1, -0.05) is 13.8 Å². The van der Waals surface area contributed by atoms with Gasteiger partial charge in [0.1, 0.15) is 122 Å². The Balaban J connectivity index is 1.26. The number of ether oxygens (including phenoxy) is 10. The van der Waals surface area contributed by atoms with E-state index in [0.717, 1.165) is 0 Å². The average Bonchev–Trinajstić information content (AvgIpc) is 3.25. The highest BCUT2D eigenvalue weighted by Crippen LogP contribution is 2.36. The largest absolute Gasteiger partial charge is 0.394 e. The topological polar surface area (TPSA) is 422 Å². The summed E-state index contributed by atoms with van der Waals surface area (Å²) in [7, 11) is 0. The summed E-state index contributed by atoms with van der Waals surface area (Å²) in [6, 6.07) is 0. The predicted octanol–water partition coefficient (Wildman–Crippen LogP) is -9.85. The fraction of sp³-hybridized carbons (Fsp3) is 1.00. The maximum atomic E-state index is 11.3.